The van der Waals surface area contributed by atoms with Gasteiger partial charge in [-0.25, -0.2) is 18.3 Å². The van der Waals surface area contributed by atoms with Gasteiger partial charge in [-0.2, -0.15) is 10.1 Å². The smallest absolute Gasteiger partial charge is 0.335 e. The van der Waals surface area contributed by atoms with Gasteiger partial charge in [0.2, 0.25) is 16.0 Å². The number of benzene rings is 1. The molecule has 0 unspecified atom stereocenters. The lowest BCUT2D eigenvalue weighted by atomic mass is 10.1. The van der Waals surface area contributed by atoms with E-state index in [-0.39, 0.29) is 17.3 Å². The minimum Gasteiger partial charge on any atom is -0.478 e. The number of nitrogens with one attached hydrogen (secondary N) is 2. The SMILES string of the molecule is O=C(O)c1cccc(CS(=O)(=O)Nc2ncn[nH]2)c1. The third-order valence-electron chi connectivity index (χ3n) is 2.20. The Hall–Kier alpha value is -2.42. The van der Waals surface area contributed by atoms with Gasteiger partial charge in [-0.05, 0) is 17.7 Å². The number of carboxylic acids is 1. The Balaban J connectivity index is 2.16. The van der Waals surface area contributed by atoms with Gasteiger partial charge >= 0.3 is 5.97 Å². The molecule has 2 rings (SSSR count). The Morgan fingerprint density at radius 1 is 1.42 bits per heavy atom. The average molecular weight is 282 g/mol. The molecule has 0 fully saturated rings. The fourth-order valence-electron chi connectivity index (χ4n) is 1.45. The second-order valence-electron chi connectivity index (χ2n) is 3.70. The number of sulfonamides is 1. The van der Waals surface area contributed by atoms with Gasteiger partial charge in [-0.3, -0.25) is 4.72 Å². The number of hydrogen-bond donors (Lipinski definition) is 3. The second-order valence-corrected chi connectivity index (χ2v) is 5.42. The molecule has 0 spiro atoms. The third-order valence-corrected chi connectivity index (χ3v) is 3.42. The van der Waals surface area contributed by atoms with E-state index in [1.807, 2.05) is 0 Å². The lowest BCUT2D eigenvalue weighted by molar-refractivity contribution is 0.0696. The Morgan fingerprint density at radius 2 is 2.21 bits per heavy atom. The average Bonchev–Trinajstić information content (AvgIpc) is 2.80. The highest BCUT2D eigenvalue weighted by Crippen LogP contribution is 2.11. The highest BCUT2D eigenvalue weighted by Gasteiger charge is 2.14. The van der Waals surface area contributed by atoms with Crippen molar-refractivity contribution in [1.29, 1.82) is 0 Å². The predicted molar refractivity (Wildman–Crippen MR) is 66.0 cm³/mol. The highest BCUT2D eigenvalue weighted by atomic mass is 32.2. The van der Waals surface area contributed by atoms with Crippen molar-refractivity contribution in [3.63, 3.8) is 0 Å². The van der Waals surface area contributed by atoms with E-state index in [1.54, 1.807) is 0 Å². The maximum atomic E-state index is 11.8. The molecule has 0 aliphatic carbocycles. The first-order valence-corrected chi connectivity index (χ1v) is 6.79. The molecule has 100 valence electrons. The van der Waals surface area contributed by atoms with Gasteiger partial charge in [0.15, 0.2) is 0 Å². The minimum absolute atomic E-state index is 0.00869. The lowest BCUT2D eigenvalue weighted by Crippen LogP contribution is -2.16. The van der Waals surface area contributed by atoms with E-state index >= 15 is 0 Å². The second kappa shape index (κ2) is 5.06. The van der Waals surface area contributed by atoms with Gasteiger partial charge in [0.25, 0.3) is 0 Å². The summed E-state index contributed by atoms with van der Waals surface area (Å²) in [5, 5.41) is 14.7. The molecule has 0 radical (unpaired) electrons. The fraction of sp³-hybridized carbons (Fsp3) is 0.100. The Kier molecular flexibility index (Phi) is 3.47. The summed E-state index contributed by atoms with van der Waals surface area (Å²) in [4.78, 5) is 14.4. The Morgan fingerprint density at radius 3 is 2.84 bits per heavy atom. The van der Waals surface area contributed by atoms with Crippen molar-refractivity contribution >= 4 is 21.9 Å². The number of aromatic nitrogens is 3. The molecule has 3 N–H and O–H groups in total. The molecule has 0 aliphatic heterocycles. The number of rotatable bonds is 5. The zero-order chi connectivity index (χ0) is 13.9. The van der Waals surface area contributed by atoms with Crippen LogP contribution in [-0.2, 0) is 15.8 Å². The number of anilines is 1. The summed E-state index contributed by atoms with van der Waals surface area (Å²) in [7, 11) is -3.68. The topological polar surface area (TPSA) is 125 Å². The summed E-state index contributed by atoms with van der Waals surface area (Å²) in [6.07, 6.45) is 1.17. The monoisotopic (exact) mass is 282 g/mol. The van der Waals surface area contributed by atoms with E-state index in [9.17, 15) is 13.2 Å². The molecular formula is C10H10N4O4S. The number of H-pyrrole nitrogens is 1. The molecule has 1 aromatic heterocycles. The van der Waals surface area contributed by atoms with E-state index < -0.39 is 16.0 Å². The van der Waals surface area contributed by atoms with Crippen LogP contribution in [0.25, 0.3) is 0 Å². The summed E-state index contributed by atoms with van der Waals surface area (Å²) in [5.41, 5.74) is 0.402. The van der Waals surface area contributed by atoms with Crippen molar-refractivity contribution in [3.8, 4) is 0 Å². The zero-order valence-corrected chi connectivity index (χ0v) is 10.4. The van der Waals surface area contributed by atoms with Gasteiger partial charge in [0.1, 0.15) is 6.33 Å². The summed E-state index contributed by atoms with van der Waals surface area (Å²) >= 11 is 0. The van der Waals surface area contributed by atoms with Crippen molar-refractivity contribution < 1.29 is 18.3 Å². The summed E-state index contributed by atoms with van der Waals surface area (Å²) in [6.45, 7) is 0. The standard InChI is InChI=1S/C10H10N4O4S/c15-9(16)8-3-1-2-7(4-8)5-19(17,18)14-10-11-6-12-13-10/h1-4,6H,5H2,(H,15,16)(H2,11,12,13,14). The van der Waals surface area contributed by atoms with Gasteiger partial charge in [-0.1, -0.05) is 12.1 Å². The maximum absolute atomic E-state index is 11.8. The van der Waals surface area contributed by atoms with Crippen molar-refractivity contribution in [1.82, 2.24) is 15.2 Å². The van der Waals surface area contributed by atoms with Crippen LogP contribution in [0.4, 0.5) is 5.95 Å². The van der Waals surface area contributed by atoms with Gasteiger partial charge < -0.3 is 5.11 Å². The van der Waals surface area contributed by atoms with E-state index in [2.05, 4.69) is 19.9 Å². The molecule has 0 bridgehead atoms. The molecule has 0 saturated carbocycles. The molecule has 1 heterocycles. The minimum atomic E-state index is -3.68. The van der Waals surface area contributed by atoms with Crippen molar-refractivity contribution in [2.75, 3.05) is 4.72 Å². The van der Waals surface area contributed by atoms with Crippen molar-refractivity contribution in [2.24, 2.45) is 0 Å². The summed E-state index contributed by atoms with van der Waals surface area (Å²) in [6, 6.07) is 5.72. The molecule has 0 atom stereocenters. The van der Waals surface area contributed by atoms with Crippen molar-refractivity contribution in [3.05, 3.63) is 41.7 Å². The van der Waals surface area contributed by atoms with Crippen LogP contribution in [-0.4, -0.2) is 34.7 Å². The molecular weight excluding hydrogens is 272 g/mol. The largest absolute Gasteiger partial charge is 0.478 e. The van der Waals surface area contributed by atoms with Crippen LogP contribution in [0.1, 0.15) is 15.9 Å². The summed E-state index contributed by atoms with van der Waals surface area (Å²) in [5.74, 6) is -1.45. The number of aromatic carboxylic acids is 1. The molecule has 0 aliphatic rings. The van der Waals surface area contributed by atoms with E-state index in [1.165, 1.54) is 30.6 Å². The molecule has 2 aromatic rings. The van der Waals surface area contributed by atoms with Crippen LogP contribution in [0.2, 0.25) is 0 Å². The molecule has 1 aromatic carbocycles. The number of nitrogens with zero attached hydrogens (tertiary/aromatic N) is 2. The molecule has 8 nitrogen and oxygen atoms in total. The van der Waals surface area contributed by atoms with E-state index in [4.69, 9.17) is 5.11 Å². The first-order valence-electron chi connectivity index (χ1n) is 5.14. The molecule has 0 saturated heterocycles. The van der Waals surface area contributed by atoms with Crippen LogP contribution < -0.4 is 4.72 Å². The maximum Gasteiger partial charge on any atom is 0.335 e. The number of hydrogen-bond acceptors (Lipinski definition) is 5. The first-order chi connectivity index (χ1) is 8.96. The molecule has 19 heavy (non-hydrogen) atoms. The Labute approximate surface area is 108 Å². The number of carbonyl (C=O) groups is 1. The normalized spacial score (nSPS) is 11.2. The fourth-order valence-corrected chi connectivity index (χ4v) is 2.54. The zero-order valence-electron chi connectivity index (χ0n) is 9.57. The Bertz CT molecular complexity index is 681. The predicted octanol–water partition coefficient (Wildman–Crippen LogP) is 0.445. The van der Waals surface area contributed by atoms with Crippen LogP contribution in [0, 0.1) is 0 Å². The molecule has 9 heteroatoms. The third kappa shape index (κ3) is 3.52. The number of carboxylic acid groups (broad SMARTS) is 1. The summed E-state index contributed by atoms with van der Waals surface area (Å²) < 4.78 is 25.8. The van der Waals surface area contributed by atoms with Gasteiger partial charge in [0, 0.05) is 0 Å². The van der Waals surface area contributed by atoms with Crippen LogP contribution in [0.3, 0.4) is 0 Å². The van der Waals surface area contributed by atoms with Crippen molar-refractivity contribution in [2.45, 2.75) is 5.75 Å². The first kappa shape index (κ1) is 13.0. The van der Waals surface area contributed by atoms with Gasteiger partial charge in [-0.15, -0.1) is 0 Å². The van der Waals surface area contributed by atoms with E-state index in [0.717, 1.165) is 0 Å². The quantitative estimate of drug-likeness (QED) is 0.731. The van der Waals surface area contributed by atoms with Crippen LogP contribution in [0.15, 0.2) is 30.6 Å². The van der Waals surface area contributed by atoms with Crippen LogP contribution in [0.5, 0.6) is 0 Å². The number of aromatic amines is 1. The molecule has 0 amide bonds. The van der Waals surface area contributed by atoms with E-state index in [0.29, 0.717) is 5.56 Å². The van der Waals surface area contributed by atoms with Gasteiger partial charge in [0.05, 0.1) is 11.3 Å². The highest BCUT2D eigenvalue weighted by molar-refractivity contribution is 7.91. The van der Waals surface area contributed by atoms with Crippen LogP contribution >= 0.6 is 0 Å². The lowest BCUT2D eigenvalue weighted by Gasteiger charge is -2.05.